The van der Waals surface area contributed by atoms with Crippen LogP contribution in [-0.2, 0) is 9.59 Å². The predicted molar refractivity (Wildman–Crippen MR) is 84.0 cm³/mol. The lowest BCUT2D eigenvalue weighted by atomic mass is 9.63. The molecule has 104 valence electrons. The summed E-state index contributed by atoms with van der Waals surface area (Å²) < 4.78 is 0.744. The van der Waals surface area contributed by atoms with Crippen molar-refractivity contribution >= 4 is 27.5 Å². The number of carbonyl (C=O) groups excluding carboxylic acids is 2. The highest BCUT2D eigenvalue weighted by Gasteiger charge is 2.54. The summed E-state index contributed by atoms with van der Waals surface area (Å²) in [7, 11) is 0. The van der Waals surface area contributed by atoms with E-state index in [4.69, 9.17) is 0 Å². The maximum Gasteiger partial charge on any atom is 0.171 e. The van der Waals surface area contributed by atoms with Crippen LogP contribution >= 0.6 is 15.9 Å². The van der Waals surface area contributed by atoms with Crippen molar-refractivity contribution < 1.29 is 9.59 Å². The molecule has 0 radical (unpaired) electrons. The van der Waals surface area contributed by atoms with E-state index in [0.717, 1.165) is 15.6 Å². The molecule has 1 spiro atoms. The molecule has 21 heavy (non-hydrogen) atoms. The topological polar surface area (TPSA) is 34.1 Å². The largest absolute Gasteiger partial charge is 0.294 e. The quantitative estimate of drug-likeness (QED) is 0.730. The molecular weight excluding hydrogens is 328 g/mol. The van der Waals surface area contributed by atoms with E-state index in [9.17, 15) is 9.59 Å². The van der Waals surface area contributed by atoms with Crippen LogP contribution in [0, 0.1) is 11.3 Å². The van der Waals surface area contributed by atoms with Gasteiger partial charge in [-0.25, -0.2) is 0 Å². The Morgan fingerprint density at radius 1 is 1.10 bits per heavy atom. The Bertz CT molecular complexity index is 742. The molecule has 0 aromatic heterocycles. The molecule has 3 heteroatoms. The molecule has 1 aromatic rings. The van der Waals surface area contributed by atoms with E-state index in [1.807, 2.05) is 30.4 Å². The van der Waals surface area contributed by atoms with E-state index < -0.39 is 5.41 Å². The van der Waals surface area contributed by atoms with Gasteiger partial charge in [0.15, 0.2) is 11.6 Å². The molecule has 0 aliphatic heterocycles. The third-order valence-corrected chi connectivity index (χ3v) is 5.51. The average Bonchev–Trinajstić information content (AvgIpc) is 2.65. The van der Waals surface area contributed by atoms with E-state index in [1.54, 1.807) is 12.2 Å². The van der Waals surface area contributed by atoms with Crippen LogP contribution in [0.25, 0.3) is 0 Å². The lowest BCUT2D eigenvalue weighted by Crippen LogP contribution is -2.36. The smallest absolute Gasteiger partial charge is 0.171 e. The van der Waals surface area contributed by atoms with Gasteiger partial charge in [-0.1, -0.05) is 58.4 Å². The summed E-state index contributed by atoms with van der Waals surface area (Å²) in [6, 6.07) is 10.0. The highest BCUT2D eigenvalue weighted by atomic mass is 79.9. The van der Waals surface area contributed by atoms with Crippen LogP contribution in [0.15, 0.2) is 64.7 Å². The molecule has 0 saturated carbocycles. The Hall–Kier alpha value is -1.74. The Morgan fingerprint density at radius 2 is 1.86 bits per heavy atom. The van der Waals surface area contributed by atoms with Crippen molar-refractivity contribution in [2.75, 3.05) is 0 Å². The SMILES string of the molecule is O=C1C=C2C(Br)=CC(=O)[C@]23C=C[C@H]1C[C@@H]3c1ccccc1. The Morgan fingerprint density at radius 3 is 2.62 bits per heavy atom. The zero-order valence-corrected chi connectivity index (χ0v) is 12.8. The summed E-state index contributed by atoms with van der Waals surface area (Å²) in [6.45, 7) is 0. The molecule has 0 amide bonds. The van der Waals surface area contributed by atoms with Crippen LogP contribution in [0.3, 0.4) is 0 Å². The van der Waals surface area contributed by atoms with Gasteiger partial charge in [-0.2, -0.15) is 0 Å². The minimum Gasteiger partial charge on any atom is -0.294 e. The van der Waals surface area contributed by atoms with E-state index in [1.165, 1.54) is 0 Å². The molecule has 1 aromatic carbocycles. The summed E-state index contributed by atoms with van der Waals surface area (Å²) in [6.07, 6.45) is 7.86. The number of benzene rings is 1. The summed E-state index contributed by atoms with van der Waals surface area (Å²) in [5.41, 5.74) is 1.24. The molecule has 0 saturated heterocycles. The molecule has 0 N–H and O–H groups in total. The average molecular weight is 341 g/mol. The van der Waals surface area contributed by atoms with Gasteiger partial charge in [0.1, 0.15) is 0 Å². The molecule has 0 unspecified atom stereocenters. The fourth-order valence-electron chi connectivity index (χ4n) is 3.81. The first-order chi connectivity index (χ1) is 10.1. The zero-order valence-electron chi connectivity index (χ0n) is 11.3. The van der Waals surface area contributed by atoms with Gasteiger partial charge in [-0.05, 0) is 29.7 Å². The Kier molecular flexibility index (Phi) is 2.70. The van der Waals surface area contributed by atoms with Crippen LogP contribution in [-0.4, -0.2) is 11.6 Å². The van der Waals surface area contributed by atoms with Crippen molar-refractivity contribution in [3.05, 3.63) is 70.3 Å². The van der Waals surface area contributed by atoms with Crippen LogP contribution in [0.2, 0.25) is 0 Å². The molecule has 2 bridgehead atoms. The molecule has 0 fully saturated rings. The van der Waals surface area contributed by atoms with Gasteiger partial charge < -0.3 is 0 Å². The van der Waals surface area contributed by atoms with Gasteiger partial charge in [0, 0.05) is 16.3 Å². The van der Waals surface area contributed by atoms with Crippen molar-refractivity contribution in [3.63, 3.8) is 0 Å². The lowest BCUT2D eigenvalue weighted by Gasteiger charge is -2.38. The first-order valence-corrected chi connectivity index (χ1v) is 7.84. The summed E-state index contributed by atoms with van der Waals surface area (Å²) in [5, 5.41) is 0. The first kappa shape index (κ1) is 13.0. The Balaban J connectivity index is 1.97. The van der Waals surface area contributed by atoms with Crippen molar-refractivity contribution in [1.29, 1.82) is 0 Å². The number of hydrogen-bond acceptors (Lipinski definition) is 2. The zero-order chi connectivity index (χ0) is 14.6. The fraction of sp³-hybridized carbons (Fsp3) is 0.222. The van der Waals surface area contributed by atoms with Crippen LogP contribution in [0.4, 0.5) is 0 Å². The van der Waals surface area contributed by atoms with Crippen molar-refractivity contribution in [2.24, 2.45) is 11.3 Å². The number of hydrogen-bond donors (Lipinski definition) is 0. The second-order valence-corrected chi connectivity index (χ2v) is 6.70. The van der Waals surface area contributed by atoms with Crippen molar-refractivity contribution in [2.45, 2.75) is 12.3 Å². The number of allylic oxidation sites excluding steroid dienone is 6. The minimum absolute atomic E-state index is 0.0187. The molecule has 4 aliphatic rings. The van der Waals surface area contributed by atoms with Gasteiger partial charge in [0.25, 0.3) is 0 Å². The number of carbonyl (C=O) groups is 2. The van der Waals surface area contributed by atoms with Gasteiger partial charge in [0.05, 0.1) is 5.41 Å². The number of rotatable bonds is 1. The monoisotopic (exact) mass is 340 g/mol. The third-order valence-electron chi connectivity index (χ3n) is 4.85. The first-order valence-electron chi connectivity index (χ1n) is 7.05. The highest BCUT2D eigenvalue weighted by molar-refractivity contribution is 9.12. The van der Waals surface area contributed by atoms with Crippen LogP contribution in [0.5, 0.6) is 0 Å². The van der Waals surface area contributed by atoms with Crippen LogP contribution < -0.4 is 0 Å². The minimum atomic E-state index is -0.706. The standard InChI is InChI=1S/C18H13BrO2/c19-15-10-17(21)18-7-6-12(16(20)9-14(15)18)8-13(18)11-4-2-1-3-5-11/h1-7,9-10,12-13H,8H2/t12-,13+,18-/m0/s1. The van der Waals surface area contributed by atoms with Gasteiger partial charge in [-0.3, -0.25) is 9.59 Å². The maximum atomic E-state index is 12.7. The third kappa shape index (κ3) is 1.64. The number of halogens is 1. The second-order valence-electron chi connectivity index (χ2n) is 5.85. The highest BCUT2D eigenvalue weighted by Crippen LogP contribution is 2.58. The molecule has 3 atom stereocenters. The molecule has 2 nitrogen and oxygen atoms in total. The molecule has 5 rings (SSSR count). The van der Waals surface area contributed by atoms with Crippen molar-refractivity contribution in [1.82, 2.24) is 0 Å². The normalized spacial score (nSPS) is 33.6. The van der Waals surface area contributed by atoms with E-state index in [0.29, 0.717) is 6.42 Å². The second kappa shape index (κ2) is 4.38. The van der Waals surface area contributed by atoms with Crippen molar-refractivity contribution in [3.8, 4) is 0 Å². The van der Waals surface area contributed by atoms with Gasteiger partial charge in [-0.15, -0.1) is 0 Å². The van der Waals surface area contributed by atoms with E-state index in [2.05, 4.69) is 28.1 Å². The molecule has 0 heterocycles. The maximum absolute atomic E-state index is 12.7. The molecule has 4 aliphatic carbocycles. The number of ketones is 2. The van der Waals surface area contributed by atoms with Gasteiger partial charge >= 0.3 is 0 Å². The van der Waals surface area contributed by atoms with E-state index in [-0.39, 0.29) is 23.4 Å². The van der Waals surface area contributed by atoms with E-state index >= 15 is 0 Å². The van der Waals surface area contributed by atoms with Crippen LogP contribution in [0.1, 0.15) is 17.9 Å². The summed E-state index contributed by atoms with van der Waals surface area (Å²) in [5.74, 6) is 0.0673. The predicted octanol–water partition coefficient (Wildman–Crippen LogP) is 3.70. The summed E-state index contributed by atoms with van der Waals surface area (Å²) >= 11 is 3.46. The summed E-state index contributed by atoms with van der Waals surface area (Å²) in [4.78, 5) is 25.1. The fourth-order valence-corrected chi connectivity index (χ4v) is 4.46. The molecular formula is C18H13BrO2. The Labute approximate surface area is 131 Å². The van der Waals surface area contributed by atoms with Gasteiger partial charge in [0.2, 0.25) is 0 Å². The lowest BCUT2D eigenvalue weighted by molar-refractivity contribution is -0.121. The number of fused-ring (bicyclic) bond motifs is 2.